The standard InChI is InChI=1S/C11H15N5O5/c12-9-6-10(14-3-13-9)16(5(2-18)15-6)11-8(20)7(19)4(1-17)21-11/h2-5,7-8,11,15,17,19-20H,1H2,(H2,12,13,14)/t4-,5?,7-,8-,11-/m1/s1. The second kappa shape index (κ2) is 5.07. The lowest BCUT2D eigenvalue weighted by Crippen LogP contribution is -2.50. The zero-order valence-corrected chi connectivity index (χ0v) is 10.8. The number of hydrogen-bond donors (Lipinski definition) is 5. The Balaban J connectivity index is 1.98. The molecule has 3 rings (SSSR count). The predicted molar refractivity (Wildman–Crippen MR) is 70.2 cm³/mol. The summed E-state index contributed by atoms with van der Waals surface area (Å²) in [5, 5.41) is 31.9. The zero-order chi connectivity index (χ0) is 15.1. The van der Waals surface area contributed by atoms with Crippen molar-refractivity contribution in [2.45, 2.75) is 30.7 Å². The van der Waals surface area contributed by atoms with Gasteiger partial charge in [-0.05, 0) is 0 Å². The molecule has 1 aromatic heterocycles. The van der Waals surface area contributed by atoms with Gasteiger partial charge < -0.3 is 31.1 Å². The van der Waals surface area contributed by atoms with E-state index in [4.69, 9.17) is 15.6 Å². The molecular weight excluding hydrogens is 282 g/mol. The highest BCUT2D eigenvalue weighted by Crippen LogP contribution is 2.39. The number of nitrogen functional groups attached to an aromatic ring is 1. The number of aromatic nitrogens is 2. The highest BCUT2D eigenvalue weighted by atomic mass is 16.6. The summed E-state index contributed by atoms with van der Waals surface area (Å²) in [6.45, 7) is -0.458. The van der Waals surface area contributed by atoms with Crippen LogP contribution in [0, 0.1) is 0 Å². The summed E-state index contributed by atoms with van der Waals surface area (Å²) in [5.41, 5.74) is 6.07. The van der Waals surface area contributed by atoms with Gasteiger partial charge in [0.1, 0.15) is 30.3 Å². The Bertz CT molecular complexity index is 558. The number of nitrogens with two attached hydrogens (primary N) is 1. The quantitative estimate of drug-likeness (QED) is 0.371. The highest BCUT2D eigenvalue weighted by Gasteiger charge is 2.49. The lowest BCUT2D eigenvalue weighted by Gasteiger charge is -2.30. The average Bonchev–Trinajstić information content (AvgIpc) is 2.99. The number of anilines is 3. The monoisotopic (exact) mass is 297 g/mol. The van der Waals surface area contributed by atoms with Crippen molar-refractivity contribution in [3.63, 3.8) is 0 Å². The van der Waals surface area contributed by atoms with Crippen LogP contribution in [0.15, 0.2) is 6.33 Å². The summed E-state index contributed by atoms with van der Waals surface area (Å²) in [7, 11) is 0. The van der Waals surface area contributed by atoms with E-state index in [2.05, 4.69) is 15.3 Å². The van der Waals surface area contributed by atoms with Crippen molar-refractivity contribution in [3.05, 3.63) is 6.33 Å². The molecule has 1 saturated heterocycles. The summed E-state index contributed by atoms with van der Waals surface area (Å²) in [6.07, 6.45) is -3.63. The molecule has 0 bridgehead atoms. The minimum Gasteiger partial charge on any atom is -0.394 e. The molecule has 10 nitrogen and oxygen atoms in total. The van der Waals surface area contributed by atoms with Gasteiger partial charge in [-0.25, -0.2) is 9.97 Å². The van der Waals surface area contributed by atoms with Crippen molar-refractivity contribution in [2.24, 2.45) is 0 Å². The molecule has 1 fully saturated rings. The fourth-order valence-electron chi connectivity index (χ4n) is 2.56. The molecule has 0 aromatic carbocycles. The Hall–Kier alpha value is -2.01. The molecule has 2 aliphatic heterocycles. The van der Waals surface area contributed by atoms with E-state index >= 15 is 0 Å². The molecular formula is C11H15N5O5. The van der Waals surface area contributed by atoms with Crippen molar-refractivity contribution in [3.8, 4) is 0 Å². The Morgan fingerprint density at radius 1 is 1.43 bits per heavy atom. The summed E-state index contributed by atoms with van der Waals surface area (Å²) in [5.74, 6) is 0.440. The van der Waals surface area contributed by atoms with Crippen LogP contribution < -0.4 is 16.0 Å². The first-order valence-electron chi connectivity index (χ1n) is 6.31. The van der Waals surface area contributed by atoms with Crippen molar-refractivity contribution >= 4 is 23.6 Å². The average molecular weight is 297 g/mol. The molecule has 3 heterocycles. The first-order valence-corrected chi connectivity index (χ1v) is 6.31. The summed E-state index contributed by atoms with van der Waals surface area (Å²) in [4.78, 5) is 20.5. The number of rotatable bonds is 3. The van der Waals surface area contributed by atoms with E-state index in [-0.39, 0.29) is 11.6 Å². The van der Waals surface area contributed by atoms with Gasteiger partial charge in [0.2, 0.25) is 0 Å². The van der Waals surface area contributed by atoms with Gasteiger partial charge in [-0.1, -0.05) is 0 Å². The van der Waals surface area contributed by atoms with E-state index in [1.807, 2.05) is 0 Å². The van der Waals surface area contributed by atoms with Gasteiger partial charge in [0.25, 0.3) is 0 Å². The maximum atomic E-state index is 11.3. The molecule has 114 valence electrons. The van der Waals surface area contributed by atoms with Crippen LogP contribution in [0.4, 0.5) is 17.3 Å². The van der Waals surface area contributed by atoms with Crippen LogP contribution in [0.2, 0.25) is 0 Å². The number of hydrogen-bond acceptors (Lipinski definition) is 10. The van der Waals surface area contributed by atoms with E-state index in [9.17, 15) is 15.0 Å². The Morgan fingerprint density at radius 3 is 2.81 bits per heavy atom. The van der Waals surface area contributed by atoms with E-state index in [0.29, 0.717) is 12.0 Å². The second-order valence-corrected chi connectivity index (χ2v) is 4.82. The molecule has 1 aromatic rings. The molecule has 0 radical (unpaired) electrons. The third-order valence-corrected chi connectivity index (χ3v) is 3.61. The number of carbonyl (C=O) groups is 1. The van der Waals surface area contributed by atoms with Crippen LogP contribution in [0.1, 0.15) is 0 Å². The third kappa shape index (κ3) is 2.00. The van der Waals surface area contributed by atoms with Gasteiger partial charge >= 0.3 is 0 Å². The number of aliphatic hydroxyl groups excluding tert-OH is 3. The van der Waals surface area contributed by atoms with Gasteiger partial charge in [0.05, 0.1) is 6.61 Å². The second-order valence-electron chi connectivity index (χ2n) is 4.82. The maximum Gasteiger partial charge on any atom is 0.162 e. The lowest BCUT2D eigenvalue weighted by molar-refractivity contribution is -0.109. The number of ether oxygens (including phenoxy) is 1. The van der Waals surface area contributed by atoms with Crippen LogP contribution >= 0.6 is 0 Å². The SMILES string of the molecule is Nc1ncnc2c1NC(C=O)N2[C@@H]1O[C@H](CO)[C@@H](O)[C@H]1O. The van der Waals surface area contributed by atoms with E-state index in [1.165, 1.54) is 11.2 Å². The van der Waals surface area contributed by atoms with Crippen molar-refractivity contribution in [1.29, 1.82) is 0 Å². The molecule has 0 aliphatic carbocycles. The van der Waals surface area contributed by atoms with Gasteiger partial charge in [0.15, 0.2) is 30.3 Å². The Morgan fingerprint density at radius 2 is 2.19 bits per heavy atom. The van der Waals surface area contributed by atoms with Crippen LogP contribution in [-0.4, -0.2) is 68.9 Å². The summed E-state index contributed by atoms with van der Waals surface area (Å²) in [6, 6.07) is 0. The van der Waals surface area contributed by atoms with Crippen LogP contribution in [-0.2, 0) is 9.53 Å². The molecule has 10 heteroatoms. The molecule has 1 unspecified atom stereocenters. The molecule has 0 saturated carbocycles. The fourth-order valence-corrected chi connectivity index (χ4v) is 2.56. The van der Waals surface area contributed by atoms with Crippen molar-refractivity contribution in [1.82, 2.24) is 9.97 Å². The molecule has 21 heavy (non-hydrogen) atoms. The summed E-state index contributed by atoms with van der Waals surface area (Å²) >= 11 is 0. The molecule has 2 aliphatic rings. The lowest BCUT2D eigenvalue weighted by atomic mass is 10.1. The number of nitrogens with zero attached hydrogens (tertiary/aromatic N) is 3. The van der Waals surface area contributed by atoms with Crippen LogP contribution in [0.3, 0.4) is 0 Å². The number of aliphatic hydroxyl groups is 3. The van der Waals surface area contributed by atoms with E-state index < -0.39 is 37.3 Å². The van der Waals surface area contributed by atoms with Crippen LogP contribution in [0.25, 0.3) is 0 Å². The maximum absolute atomic E-state index is 11.3. The van der Waals surface area contributed by atoms with E-state index in [1.54, 1.807) is 0 Å². The van der Waals surface area contributed by atoms with Crippen molar-refractivity contribution < 1.29 is 24.9 Å². The topological polar surface area (TPSA) is 154 Å². The van der Waals surface area contributed by atoms with Gasteiger partial charge in [-0.3, -0.25) is 9.69 Å². The zero-order valence-electron chi connectivity index (χ0n) is 10.8. The van der Waals surface area contributed by atoms with Crippen molar-refractivity contribution in [2.75, 3.05) is 22.6 Å². The largest absolute Gasteiger partial charge is 0.394 e. The molecule has 0 spiro atoms. The van der Waals surface area contributed by atoms with Gasteiger partial charge in [-0.15, -0.1) is 0 Å². The number of aldehydes is 1. The normalized spacial score (nSPS) is 34.6. The van der Waals surface area contributed by atoms with Gasteiger partial charge in [-0.2, -0.15) is 0 Å². The first kappa shape index (κ1) is 13.9. The number of carbonyl (C=O) groups excluding carboxylic acids is 1. The smallest absolute Gasteiger partial charge is 0.162 e. The third-order valence-electron chi connectivity index (χ3n) is 3.61. The minimum atomic E-state index is -1.31. The fraction of sp³-hybridized carbons (Fsp3) is 0.545. The first-order chi connectivity index (χ1) is 10.1. The molecule has 0 amide bonds. The Kier molecular flexibility index (Phi) is 3.37. The predicted octanol–water partition coefficient (Wildman–Crippen LogP) is -2.75. The molecule has 5 atom stereocenters. The minimum absolute atomic E-state index is 0.154. The van der Waals surface area contributed by atoms with Gasteiger partial charge in [0, 0.05) is 0 Å². The summed E-state index contributed by atoms with van der Waals surface area (Å²) < 4.78 is 5.42. The highest BCUT2D eigenvalue weighted by molar-refractivity contribution is 5.87. The number of fused-ring (bicyclic) bond motifs is 1. The van der Waals surface area contributed by atoms with E-state index in [0.717, 1.165) is 0 Å². The molecule has 6 N–H and O–H groups in total. The van der Waals surface area contributed by atoms with Crippen LogP contribution in [0.5, 0.6) is 0 Å². The Labute approximate surface area is 119 Å². The number of nitrogens with one attached hydrogen (secondary N) is 1.